The highest BCUT2D eigenvalue weighted by Crippen LogP contribution is 2.37. The van der Waals surface area contributed by atoms with Gasteiger partial charge in [-0.05, 0) is 60.5 Å². The van der Waals surface area contributed by atoms with E-state index in [0.717, 1.165) is 57.7 Å². The first kappa shape index (κ1) is 32.1. The second-order valence-corrected chi connectivity index (χ2v) is 12.2. The van der Waals surface area contributed by atoms with Crippen LogP contribution in [0.3, 0.4) is 0 Å². The molecule has 43 heavy (non-hydrogen) atoms. The number of amides is 1. The molecule has 0 atom stereocenters. The Bertz CT molecular complexity index is 1410. The normalized spacial score (nSPS) is 14.5. The number of aromatic amines is 1. The average molecular weight is 595 g/mol. The van der Waals surface area contributed by atoms with E-state index in [1.165, 1.54) is 10.6 Å². The van der Waals surface area contributed by atoms with E-state index < -0.39 is 5.69 Å². The van der Waals surface area contributed by atoms with Crippen LogP contribution in [0.25, 0.3) is 17.1 Å². The summed E-state index contributed by atoms with van der Waals surface area (Å²) in [6.45, 7) is 14.9. The number of aromatic hydroxyl groups is 2. The topological polar surface area (TPSA) is 127 Å². The van der Waals surface area contributed by atoms with Crippen molar-refractivity contribution in [1.82, 2.24) is 29.5 Å². The number of hydrogen-bond acceptors (Lipinski definition) is 8. The van der Waals surface area contributed by atoms with Gasteiger partial charge in [-0.3, -0.25) is 4.90 Å². The van der Waals surface area contributed by atoms with Crippen molar-refractivity contribution in [2.75, 3.05) is 52.9 Å². The summed E-state index contributed by atoms with van der Waals surface area (Å²) in [6, 6.07) is 10.8. The molecule has 4 rings (SSSR count). The van der Waals surface area contributed by atoms with Crippen molar-refractivity contribution in [3.63, 3.8) is 0 Å². The molecule has 1 saturated heterocycles. The number of aromatic nitrogens is 3. The number of unbranched alkanes of at least 4 members (excludes halogenated alkanes) is 1. The summed E-state index contributed by atoms with van der Waals surface area (Å²) in [5.74, 6) is 0.509. The first-order valence-electron chi connectivity index (χ1n) is 15.2. The van der Waals surface area contributed by atoms with Crippen molar-refractivity contribution >= 4 is 6.09 Å². The first-order chi connectivity index (χ1) is 20.5. The number of H-pyrrole nitrogens is 1. The van der Waals surface area contributed by atoms with Crippen LogP contribution in [0.5, 0.6) is 11.5 Å². The molecule has 1 aliphatic rings. The molecule has 0 radical (unpaired) electrons. The molecule has 3 aromatic rings. The minimum Gasteiger partial charge on any atom is -0.508 e. The Balaban J connectivity index is 1.28. The first-order valence-corrected chi connectivity index (χ1v) is 15.2. The molecule has 1 aromatic heterocycles. The maximum atomic E-state index is 12.7. The van der Waals surface area contributed by atoms with Crippen LogP contribution in [0.15, 0.2) is 41.2 Å². The largest absolute Gasteiger partial charge is 0.508 e. The van der Waals surface area contributed by atoms with E-state index in [2.05, 4.69) is 20.0 Å². The molecule has 1 amide bonds. The molecular weight excluding hydrogens is 548 g/mol. The van der Waals surface area contributed by atoms with E-state index in [-0.39, 0.29) is 29.3 Å². The van der Waals surface area contributed by atoms with Crippen LogP contribution in [-0.4, -0.2) is 98.7 Å². The molecule has 3 N–H and O–H groups in total. The number of benzene rings is 2. The fourth-order valence-electron chi connectivity index (χ4n) is 5.26. The van der Waals surface area contributed by atoms with Crippen molar-refractivity contribution in [2.45, 2.75) is 53.0 Å². The van der Waals surface area contributed by atoms with Gasteiger partial charge in [-0.2, -0.15) is 5.10 Å². The van der Waals surface area contributed by atoms with Crippen LogP contribution >= 0.6 is 0 Å². The third-order valence-corrected chi connectivity index (χ3v) is 7.82. The van der Waals surface area contributed by atoms with Gasteiger partial charge in [-0.15, -0.1) is 0 Å². The Hall–Kier alpha value is -3.83. The van der Waals surface area contributed by atoms with Crippen LogP contribution < -0.4 is 5.69 Å². The molecule has 0 saturated carbocycles. The zero-order valence-corrected chi connectivity index (χ0v) is 26.0. The third-order valence-electron chi connectivity index (χ3n) is 7.82. The highest BCUT2D eigenvalue weighted by Gasteiger charge is 2.21. The van der Waals surface area contributed by atoms with Crippen molar-refractivity contribution in [3.8, 4) is 28.6 Å². The maximum Gasteiger partial charge on any atom is 0.409 e. The van der Waals surface area contributed by atoms with Crippen LogP contribution in [-0.2, 0) is 11.3 Å². The molecule has 11 heteroatoms. The summed E-state index contributed by atoms with van der Waals surface area (Å²) in [5.41, 5.74) is 2.42. The lowest BCUT2D eigenvalue weighted by Gasteiger charge is -2.34. The summed E-state index contributed by atoms with van der Waals surface area (Å²) in [7, 11) is 1.79. The van der Waals surface area contributed by atoms with E-state index in [1.54, 1.807) is 18.0 Å². The smallest absolute Gasteiger partial charge is 0.409 e. The Labute approximate surface area is 253 Å². The molecule has 1 fully saturated rings. The fraction of sp³-hybridized carbons (Fsp3) is 0.531. The SMILES string of the molecule is CC(C)COC(=O)N(C)CCCCN1CCN(Cc2ccc(-n3c(-c4cc(C(C)C)c(O)cc4O)n[nH]c3=O)cc2)CC1. The quantitative estimate of drug-likeness (QED) is 0.264. The number of rotatable bonds is 12. The van der Waals surface area contributed by atoms with Gasteiger partial charge in [-0.1, -0.05) is 39.8 Å². The summed E-state index contributed by atoms with van der Waals surface area (Å²) in [5, 5.41) is 27.5. The molecule has 234 valence electrons. The van der Waals surface area contributed by atoms with Crippen molar-refractivity contribution in [2.24, 2.45) is 5.92 Å². The van der Waals surface area contributed by atoms with Gasteiger partial charge in [-0.25, -0.2) is 19.3 Å². The van der Waals surface area contributed by atoms with Crippen molar-refractivity contribution < 1.29 is 19.7 Å². The van der Waals surface area contributed by atoms with Gasteiger partial charge in [0.25, 0.3) is 0 Å². The molecule has 0 unspecified atom stereocenters. The van der Waals surface area contributed by atoms with Gasteiger partial charge < -0.3 is 24.7 Å². The lowest BCUT2D eigenvalue weighted by atomic mass is 9.98. The molecule has 0 bridgehead atoms. The lowest BCUT2D eigenvalue weighted by Crippen LogP contribution is -2.46. The van der Waals surface area contributed by atoms with E-state index in [4.69, 9.17) is 4.74 Å². The predicted molar refractivity (Wildman–Crippen MR) is 167 cm³/mol. The van der Waals surface area contributed by atoms with Gasteiger partial charge in [0.15, 0.2) is 5.82 Å². The molecule has 2 heterocycles. The molecule has 1 aliphatic heterocycles. The monoisotopic (exact) mass is 594 g/mol. The Morgan fingerprint density at radius 3 is 2.33 bits per heavy atom. The number of carbonyl (C=O) groups is 1. The summed E-state index contributed by atoms with van der Waals surface area (Å²) in [4.78, 5) is 31.3. The standard InChI is InChI=1S/C32H46N6O5/c1-22(2)21-43-32(42)35(5)12-6-7-13-36-14-16-37(17-15-36)20-24-8-10-25(11-9-24)38-30(33-34-31(38)41)27-18-26(23(3)4)28(39)19-29(27)40/h8-11,18-19,22-23,39-40H,6-7,12-17,20-21H2,1-5H3,(H,34,41). The summed E-state index contributed by atoms with van der Waals surface area (Å²) in [6.07, 6.45) is 1.75. The second kappa shape index (κ2) is 14.6. The molecule has 11 nitrogen and oxygen atoms in total. The van der Waals surface area contributed by atoms with E-state index >= 15 is 0 Å². The van der Waals surface area contributed by atoms with E-state index in [9.17, 15) is 19.8 Å². The number of nitrogens with one attached hydrogen (secondary N) is 1. The van der Waals surface area contributed by atoms with Gasteiger partial charge in [0.05, 0.1) is 17.9 Å². The zero-order valence-electron chi connectivity index (χ0n) is 26.0. The number of phenols is 2. The van der Waals surface area contributed by atoms with Crippen LogP contribution in [0.4, 0.5) is 4.79 Å². The Morgan fingerprint density at radius 1 is 1.00 bits per heavy atom. The van der Waals surface area contributed by atoms with Crippen molar-refractivity contribution in [1.29, 1.82) is 0 Å². The van der Waals surface area contributed by atoms with Crippen LogP contribution in [0.2, 0.25) is 0 Å². The summed E-state index contributed by atoms with van der Waals surface area (Å²) >= 11 is 0. The predicted octanol–water partition coefficient (Wildman–Crippen LogP) is 4.38. The minimum absolute atomic E-state index is 0.00911. The number of hydrogen-bond donors (Lipinski definition) is 3. The van der Waals surface area contributed by atoms with E-state index in [0.29, 0.717) is 35.9 Å². The van der Waals surface area contributed by atoms with Crippen molar-refractivity contribution in [3.05, 3.63) is 58.0 Å². The Morgan fingerprint density at radius 2 is 1.67 bits per heavy atom. The second-order valence-electron chi connectivity index (χ2n) is 12.2. The average Bonchev–Trinajstić information content (AvgIpc) is 3.35. The molecular formula is C32H46N6O5. The molecule has 0 spiro atoms. The molecule has 2 aromatic carbocycles. The van der Waals surface area contributed by atoms with Gasteiger partial charge in [0.2, 0.25) is 0 Å². The van der Waals surface area contributed by atoms with E-state index in [1.807, 2.05) is 52.0 Å². The zero-order chi connectivity index (χ0) is 31.1. The number of nitrogens with zero attached hydrogens (tertiary/aromatic N) is 5. The van der Waals surface area contributed by atoms with Gasteiger partial charge in [0, 0.05) is 52.4 Å². The maximum absolute atomic E-state index is 12.7. The summed E-state index contributed by atoms with van der Waals surface area (Å²) < 4.78 is 6.72. The highest BCUT2D eigenvalue weighted by atomic mass is 16.6. The number of phenolic OH excluding ortho intramolecular Hbond substituents is 2. The number of piperazine rings is 1. The fourth-order valence-corrected chi connectivity index (χ4v) is 5.26. The third kappa shape index (κ3) is 8.39. The van der Waals surface area contributed by atoms with Gasteiger partial charge in [0.1, 0.15) is 11.5 Å². The number of ether oxygens (including phenoxy) is 1. The lowest BCUT2D eigenvalue weighted by molar-refractivity contribution is 0.0979. The highest BCUT2D eigenvalue weighted by molar-refractivity contribution is 5.69. The molecule has 0 aliphatic carbocycles. The number of carbonyl (C=O) groups excluding carboxylic acids is 1. The van der Waals surface area contributed by atoms with Crippen LogP contribution in [0, 0.1) is 5.92 Å². The van der Waals surface area contributed by atoms with Gasteiger partial charge >= 0.3 is 11.8 Å². The van der Waals surface area contributed by atoms with Crippen LogP contribution in [0.1, 0.15) is 57.6 Å². The minimum atomic E-state index is -0.407. The Kier molecular flexibility index (Phi) is 10.9.